The topological polar surface area (TPSA) is 9.86 Å². The van der Waals surface area contributed by atoms with Gasteiger partial charge in [0.1, 0.15) is 0 Å². The van der Waals surface area contributed by atoms with E-state index in [1.54, 1.807) is 0 Å². The number of hydrogen-bond acceptors (Lipinski definition) is 0. The van der Waals surface area contributed by atoms with Crippen LogP contribution in [0.5, 0.6) is 0 Å². The summed E-state index contributed by atoms with van der Waals surface area (Å²) in [4.78, 5) is 0. The smallest absolute Gasteiger partial charge is 0.0645 e. The van der Waals surface area contributed by atoms with Crippen molar-refractivity contribution in [3.05, 3.63) is 194 Å². The normalized spacial score (nSPS) is 12.4. The molecular formula is C48H32N2. The number of rotatable bonds is 5. The van der Waals surface area contributed by atoms with Gasteiger partial charge in [-0.25, -0.2) is 0 Å². The van der Waals surface area contributed by atoms with Crippen LogP contribution in [-0.4, -0.2) is 9.13 Å². The maximum atomic E-state index is 9.70. The van der Waals surface area contributed by atoms with E-state index in [0.717, 1.165) is 66.3 Å². The fraction of sp³-hybridized carbons (Fsp3) is 0. The Labute approximate surface area is 294 Å². The van der Waals surface area contributed by atoms with Crippen LogP contribution in [-0.2, 0) is 0 Å². The summed E-state index contributed by atoms with van der Waals surface area (Å²) in [5.41, 5.74) is 11.4. The fourth-order valence-corrected chi connectivity index (χ4v) is 7.45. The lowest BCUT2D eigenvalue weighted by Crippen LogP contribution is -1.94. The zero-order valence-corrected chi connectivity index (χ0v) is 27.1. The predicted octanol–water partition coefficient (Wildman–Crippen LogP) is 12.9. The molecule has 10 rings (SSSR count). The van der Waals surface area contributed by atoms with Gasteiger partial charge in [0, 0.05) is 32.9 Å². The van der Waals surface area contributed by atoms with Crippen molar-refractivity contribution in [3.63, 3.8) is 0 Å². The summed E-state index contributed by atoms with van der Waals surface area (Å²) in [6.45, 7) is 0. The highest BCUT2D eigenvalue weighted by Crippen LogP contribution is 2.39. The van der Waals surface area contributed by atoms with E-state index < -0.39 is 0 Å². The molecule has 0 saturated carbocycles. The molecule has 234 valence electrons. The monoisotopic (exact) mass is 639 g/mol. The lowest BCUT2D eigenvalue weighted by molar-refractivity contribution is 1.18. The number of fused-ring (bicyclic) bond motifs is 6. The maximum Gasteiger partial charge on any atom is 0.0645 e. The van der Waals surface area contributed by atoms with Crippen molar-refractivity contribution >= 4 is 43.6 Å². The summed E-state index contributed by atoms with van der Waals surface area (Å²) in [6, 6.07) is 60.8. The summed E-state index contributed by atoms with van der Waals surface area (Å²) < 4.78 is 32.8. The Morgan fingerprint density at radius 2 is 0.760 bits per heavy atom. The molecule has 0 spiro atoms. The Morgan fingerprint density at radius 3 is 1.42 bits per heavy atom. The molecule has 2 aromatic heterocycles. The fourth-order valence-electron chi connectivity index (χ4n) is 7.45. The third-order valence-electron chi connectivity index (χ3n) is 9.84. The van der Waals surface area contributed by atoms with Crippen LogP contribution >= 0.6 is 0 Å². The molecule has 0 unspecified atom stereocenters. The molecule has 0 aliphatic rings. The molecule has 50 heavy (non-hydrogen) atoms. The van der Waals surface area contributed by atoms with E-state index in [-0.39, 0.29) is 18.1 Å². The standard InChI is InChI=1S/C48H32N2/c1-4-12-33(13-5-1)35-20-25-40(26-21-35)50-47-27-22-36(34-14-6-2-7-15-34)30-43(47)44-32-38(24-29-48(44)50)37-23-28-46-42(31-37)41-18-10-11-19-45(41)49(46)39-16-8-3-9-17-39/h1-32H/i23D,28D,31D. The number of aromatic nitrogens is 2. The molecule has 2 nitrogen and oxygen atoms in total. The number of nitrogens with zero attached hydrogens (tertiary/aromatic N) is 2. The van der Waals surface area contributed by atoms with Crippen molar-refractivity contribution in [1.82, 2.24) is 9.13 Å². The molecule has 0 saturated heterocycles. The van der Waals surface area contributed by atoms with Crippen LogP contribution in [0.3, 0.4) is 0 Å². The van der Waals surface area contributed by atoms with Gasteiger partial charge in [0.05, 0.1) is 26.2 Å². The van der Waals surface area contributed by atoms with Gasteiger partial charge in [-0.05, 0) is 100 Å². The summed E-state index contributed by atoms with van der Waals surface area (Å²) in [5, 5.41) is 3.70. The van der Waals surface area contributed by atoms with Crippen molar-refractivity contribution in [2.75, 3.05) is 0 Å². The van der Waals surface area contributed by atoms with Crippen molar-refractivity contribution in [2.45, 2.75) is 0 Å². The lowest BCUT2D eigenvalue weighted by atomic mass is 9.99. The van der Waals surface area contributed by atoms with Crippen LogP contribution in [0, 0.1) is 0 Å². The molecule has 0 radical (unpaired) electrons. The van der Waals surface area contributed by atoms with Gasteiger partial charge in [-0.1, -0.05) is 127 Å². The SMILES string of the molecule is [2H]c1c(-c2ccc3c(c2)c2cc(-c4ccccc4)ccc2n3-c2ccc(-c3ccccc3)cc2)c([2H])c2c3ccccc3n(-c3ccccc3)c2c1[2H]. The first-order valence-electron chi connectivity index (χ1n) is 18.4. The zero-order chi connectivity index (χ0) is 35.6. The van der Waals surface area contributed by atoms with Crippen LogP contribution < -0.4 is 0 Å². The minimum atomic E-state index is 0.0482. The Balaban J connectivity index is 1.22. The lowest BCUT2D eigenvalue weighted by Gasteiger charge is -2.10. The minimum Gasteiger partial charge on any atom is -0.309 e. The van der Waals surface area contributed by atoms with Crippen molar-refractivity contribution in [1.29, 1.82) is 0 Å². The van der Waals surface area contributed by atoms with Gasteiger partial charge in [-0.2, -0.15) is 0 Å². The maximum absolute atomic E-state index is 9.70. The Morgan fingerprint density at radius 1 is 0.300 bits per heavy atom. The van der Waals surface area contributed by atoms with Gasteiger partial charge in [0.25, 0.3) is 0 Å². The van der Waals surface area contributed by atoms with E-state index in [1.807, 2.05) is 77.4 Å². The van der Waals surface area contributed by atoms with Crippen molar-refractivity contribution in [2.24, 2.45) is 0 Å². The Kier molecular flexibility index (Phi) is 5.84. The molecule has 0 aliphatic heterocycles. The van der Waals surface area contributed by atoms with Gasteiger partial charge in [-0.15, -0.1) is 0 Å². The molecule has 0 bridgehead atoms. The molecule has 0 amide bonds. The molecular weight excluding hydrogens is 605 g/mol. The van der Waals surface area contributed by atoms with Crippen LogP contribution in [0.15, 0.2) is 194 Å². The van der Waals surface area contributed by atoms with Crippen LogP contribution in [0.25, 0.3) is 88.4 Å². The number of hydrogen-bond donors (Lipinski definition) is 0. The summed E-state index contributed by atoms with van der Waals surface area (Å²) in [5.74, 6) is 0. The van der Waals surface area contributed by atoms with E-state index in [1.165, 1.54) is 5.56 Å². The summed E-state index contributed by atoms with van der Waals surface area (Å²) in [6.07, 6.45) is 0. The molecule has 0 fully saturated rings. The molecule has 0 N–H and O–H groups in total. The van der Waals surface area contributed by atoms with E-state index >= 15 is 0 Å². The van der Waals surface area contributed by atoms with E-state index in [4.69, 9.17) is 0 Å². The van der Waals surface area contributed by atoms with E-state index in [9.17, 15) is 4.11 Å². The highest BCUT2D eigenvalue weighted by molar-refractivity contribution is 6.13. The molecule has 10 aromatic rings. The highest BCUT2D eigenvalue weighted by atomic mass is 15.0. The first-order chi connectivity index (χ1) is 26.1. The summed E-state index contributed by atoms with van der Waals surface area (Å²) in [7, 11) is 0. The number of benzene rings is 8. The molecule has 2 heterocycles. The molecule has 0 aliphatic carbocycles. The van der Waals surface area contributed by atoms with Gasteiger partial charge in [-0.3, -0.25) is 0 Å². The van der Waals surface area contributed by atoms with E-state index in [0.29, 0.717) is 16.5 Å². The quantitative estimate of drug-likeness (QED) is 0.177. The summed E-state index contributed by atoms with van der Waals surface area (Å²) >= 11 is 0. The number of para-hydroxylation sites is 2. The third kappa shape index (κ3) is 4.57. The van der Waals surface area contributed by atoms with Gasteiger partial charge >= 0.3 is 0 Å². The molecule has 2 heteroatoms. The largest absolute Gasteiger partial charge is 0.309 e. The van der Waals surface area contributed by atoms with Crippen LogP contribution in [0.2, 0.25) is 0 Å². The van der Waals surface area contributed by atoms with Crippen LogP contribution in [0.1, 0.15) is 4.11 Å². The average molecular weight is 640 g/mol. The average Bonchev–Trinajstić information content (AvgIpc) is 3.74. The second-order valence-corrected chi connectivity index (χ2v) is 12.7. The van der Waals surface area contributed by atoms with Crippen molar-refractivity contribution < 1.29 is 4.11 Å². The zero-order valence-electron chi connectivity index (χ0n) is 30.1. The second-order valence-electron chi connectivity index (χ2n) is 12.7. The molecule has 0 atom stereocenters. The third-order valence-corrected chi connectivity index (χ3v) is 9.84. The first kappa shape index (κ1) is 25.4. The predicted molar refractivity (Wildman–Crippen MR) is 211 cm³/mol. The van der Waals surface area contributed by atoms with Crippen molar-refractivity contribution in [3.8, 4) is 44.8 Å². The van der Waals surface area contributed by atoms with Gasteiger partial charge in [0.2, 0.25) is 0 Å². The van der Waals surface area contributed by atoms with Gasteiger partial charge in [0.15, 0.2) is 0 Å². The highest BCUT2D eigenvalue weighted by Gasteiger charge is 2.17. The minimum absolute atomic E-state index is 0.0482. The van der Waals surface area contributed by atoms with E-state index in [2.05, 4.69) is 108 Å². The second kappa shape index (κ2) is 11.5. The Bertz CT molecular complexity index is 3000. The van der Waals surface area contributed by atoms with Crippen LogP contribution in [0.4, 0.5) is 0 Å². The van der Waals surface area contributed by atoms with Gasteiger partial charge < -0.3 is 9.13 Å². The molecule has 8 aromatic carbocycles. The Hall–Kier alpha value is -6.64. The first-order valence-corrected chi connectivity index (χ1v) is 16.9.